The topological polar surface area (TPSA) is 310 Å². The lowest BCUT2D eigenvalue weighted by Gasteiger charge is -2.09. The molecule has 3 rings (SSSR count). The summed E-state index contributed by atoms with van der Waals surface area (Å²) in [6.45, 7) is 3.20. The summed E-state index contributed by atoms with van der Waals surface area (Å²) < 4.78 is 9.11. The fourth-order valence-electron chi connectivity index (χ4n) is 4.10. The molecule has 1 unspecified atom stereocenters. The number of hydrogen-bond donors (Lipinski definition) is 8. The number of amides is 2. The molecule has 11 N–H and O–H groups in total. The molecule has 22 heteroatoms. The lowest BCUT2D eigenvalue weighted by molar-refractivity contribution is -0.146. The van der Waals surface area contributed by atoms with Gasteiger partial charge in [-0.05, 0) is 54.6 Å². The Morgan fingerprint density at radius 1 is 1.00 bits per heavy atom. The number of esters is 1. The fraction of sp³-hybridized carbons (Fsp3) is 0.452. The van der Waals surface area contributed by atoms with Crippen LogP contribution in [-0.2, 0) is 35.0 Å². The number of fused-ring (bicyclic) bond motifs is 1. The number of alkyl halides is 1. The molecule has 53 heavy (non-hydrogen) atoms. The lowest BCUT2D eigenvalue weighted by atomic mass is 10.1. The molecular weight excluding hydrogens is 758 g/mol. The largest absolute Gasteiger partial charge is 0.483 e. The molecule has 292 valence electrons. The summed E-state index contributed by atoms with van der Waals surface area (Å²) in [7, 11) is -1.54. The van der Waals surface area contributed by atoms with E-state index in [1.807, 2.05) is 12.1 Å². The molecule has 2 amide bonds. The summed E-state index contributed by atoms with van der Waals surface area (Å²) in [4.78, 5) is 81.1. The molecule has 0 saturated carbocycles. The standard InChI is InChI=1S/C24H30ClN9O5.C6H13ClNO2P.CH2O2/c25-23(26)39-18(36)9-8-17(35)28-10-2-1-3-11-29-21(37)15-6-4-14(5-7-15)12-30-16-13-31-20-19(32-16)22(38)34-24(27)33-20;1-2-3-4-5-6(9)10-11(7)8;2-1-3/h4-7,13,23H,1-3,8-12,26H2,(H,28,35)(H,29,37)(H,30,32)(H3,27,31,33,34,38);2-5,8H2,1H3;1H,(H,2,3)/t23-;;/m0../s1. The number of carboxylic acid groups (broad SMARTS) is 1. The van der Waals surface area contributed by atoms with Gasteiger partial charge in [0.1, 0.15) is 5.82 Å². The van der Waals surface area contributed by atoms with Crippen LogP contribution in [0, 0.1) is 0 Å². The van der Waals surface area contributed by atoms with Crippen LogP contribution in [0.4, 0.5) is 11.8 Å². The van der Waals surface area contributed by atoms with Gasteiger partial charge in [0.25, 0.3) is 25.6 Å². The maximum atomic E-state index is 12.4. The second-order valence-corrected chi connectivity index (χ2v) is 12.9. The van der Waals surface area contributed by atoms with E-state index in [1.165, 1.54) is 6.20 Å². The minimum Gasteiger partial charge on any atom is -0.483 e. The van der Waals surface area contributed by atoms with Crippen LogP contribution in [0.2, 0.25) is 0 Å². The molecule has 0 saturated heterocycles. The van der Waals surface area contributed by atoms with Crippen molar-refractivity contribution in [3.05, 3.63) is 51.9 Å². The first-order chi connectivity index (χ1) is 25.3. The number of carbonyl (C=O) groups is 5. The number of anilines is 2. The van der Waals surface area contributed by atoms with Crippen molar-refractivity contribution in [2.24, 2.45) is 11.2 Å². The molecule has 1 aromatic carbocycles. The van der Waals surface area contributed by atoms with E-state index in [4.69, 9.17) is 49.7 Å². The van der Waals surface area contributed by atoms with Crippen LogP contribution in [0.5, 0.6) is 0 Å². The van der Waals surface area contributed by atoms with E-state index in [0.717, 1.165) is 44.1 Å². The van der Waals surface area contributed by atoms with Crippen LogP contribution in [-0.4, -0.2) is 74.0 Å². The predicted octanol–water partition coefficient (Wildman–Crippen LogP) is 2.96. The third-order valence-corrected chi connectivity index (χ3v) is 7.24. The van der Waals surface area contributed by atoms with E-state index in [1.54, 1.807) is 12.1 Å². The fourth-order valence-corrected chi connectivity index (χ4v) is 4.71. The maximum absolute atomic E-state index is 12.4. The minimum absolute atomic E-state index is 0.000339. The van der Waals surface area contributed by atoms with Crippen molar-refractivity contribution >= 4 is 83.6 Å². The van der Waals surface area contributed by atoms with Crippen LogP contribution in [0.3, 0.4) is 0 Å². The number of nitrogen functional groups attached to an aromatic ring is 1. The third-order valence-electron chi connectivity index (χ3n) is 6.56. The van der Waals surface area contributed by atoms with Crippen molar-refractivity contribution in [3.63, 3.8) is 0 Å². The molecule has 0 fully saturated rings. The Morgan fingerprint density at radius 2 is 1.66 bits per heavy atom. The van der Waals surface area contributed by atoms with E-state index >= 15 is 0 Å². The first kappa shape index (κ1) is 46.3. The Kier molecular flexibility index (Phi) is 23.6. The number of ether oxygens (including phenoxy) is 1. The first-order valence-corrected chi connectivity index (χ1v) is 18.9. The van der Waals surface area contributed by atoms with Gasteiger partial charge in [-0.3, -0.25) is 45.0 Å². The predicted molar refractivity (Wildman–Crippen MR) is 200 cm³/mol. The average molecular weight is 804 g/mol. The Balaban J connectivity index is 0.000000850. The van der Waals surface area contributed by atoms with Crippen LogP contribution < -0.4 is 38.5 Å². The Morgan fingerprint density at radius 3 is 2.28 bits per heavy atom. The third kappa shape index (κ3) is 21.4. The lowest BCUT2D eigenvalue weighted by Crippen LogP contribution is -2.27. The molecule has 2 heterocycles. The van der Waals surface area contributed by atoms with Gasteiger partial charge in [0.05, 0.1) is 12.6 Å². The summed E-state index contributed by atoms with van der Waals surface area (Å²) in [6, 6.07) is 7.08. The van der Waals surface area contributed by atoms with Gasteiger partial charge in [-0.25, -0.2) is 9.97 Å². The summed E-state index contributed by atoms with van der Waals surface area (Å²) >= 11 is 10.6. The van der Waals surface area contributed by atoms with Crippen LogP contribution >= 0.6 is 30.5 Å². The molecule has 0 bridgehead atoms. The highest BCUT2D eigenvalue weighted by molar-refractivity contribution is 7.78. The number of nitrogens with zero attached hydrogens (tertiary/aromatic N) is 3. The second-order valence-electron chi connectivity index (χ2n) is 10.7. The molecule has 0 radical (unpaired) electrons. The summed E-state index contributed by atoms with van der Waals surface area (Å²) in [5.74, 6) is -0.988. The molecule has 2 atom stereocenters. The van der Waals surface area contributed by atoms with Gasteiger partial charge in [0.15, 0.2) is 11.2 Å². The summed E-state index contributed by atoms with van der Waals surface area (Å²) in [5, 5.41) is 15.6. The normalized spacial score (nSPS) is 11.3. The molecule has 0 aliphatic heterocycles. The van der Waals surface area contributed by atoms with Crippen LogP contribution in [0.25, 0.3) is 11.2 Å². The van der Waals surface area contributed by atoms with E-state index in [0.29, 0.717) is 37.4 Å². The number of nitrogens with one attached hydrogen (secondary N) is 4. The number of aromatic amines is 1. The number of hydrogen-bond acceptors (Lipinski definition) is 15. The zero-order valence-corrected chi connectivity index (χ0v) is 31.4. The first-order valence-electron chi connectivity index (χ1n) is 16.3. The number of benzene rings is 1. The van der Waals surface area contributed by atoms with E-state index in [-0.39, 0.29) is 54.2 Å². The van der Waals surface area contributed by atoms with Gasteiger partial charge < -0.3 is 36.1 Å². The molecule has 3 aromatic rings. The number of unbranched alkanes of at least 4 members (excludes halogenated alkanes) is 4. The van der Waals surface area contributed by atoms with Crippen molar-refractivity contribution in [2.75, 3.05) is 24.1 Å². The van der Waals surface area contributed by atoms with Gasteiger partial charge in [-0.1, -0.05) is 43.5 Å². The highest BCUT2D eigenvalue weighted by atomic mass is 35.7. The minimum atomic E-state index is -1.54. The van der Waals surface area contributed by atoms with Gasteiger partial charge in [0, 0.05) is 38.0 Å². The van der Waals surface area contributed by atoms with Gasteiger partial charge >= 0.3 is 11.9 Å². The SMILES string of the molecule is CCCCCC(=O)OP(N)Cl.Nc1nc2ncc(NCc3ccc(C(=O)NCCCCCNC(=O)CCC(=O)O[C@H](N)Cl)cc3)nc2c(=O)[nH]1.O=CO. The molecule has 2 aromatic heterocycles. The highest BCUT2D eigenvalue weighted by Gasteiger charge is 2.11. The van der Waals surface area contributed by atoms with E-state index in [2.05, 4.69) is 52.1 Å². The number of aromatic nitrogens is 4. The van der Waals surface area contributed by atoms with Crippen molar-refractivity contribution in [1.29, 1.82) is 0 Å². The Labute approximate surface area is 316 Å². The van der Waals surface area contributed by atoms with E-state index < -0.39 is 24.9 Å². The van der Waals surface area contributed by atoms with Gasteiger partial charge in [-0.15, -0.1) is 0 Å². The van der Waals surface area contributed by atoms with Gasteiger partial charge in [0.2, 0.25) is 17.5 Å². The van der Waals surface area contributed by atoms with Gasteiger partial charge in [-0.2, -0.15) is 4.98 Å². The van der Waals surface area contributed by atoms with Crippen LogP contribution in [0.15, 0.2) is 35.3 Å². The van der Waals surface area contributed by atoms with Crippen molar-refractivity contribution < 1.29 is 38.3 Å². The number of carbonyl (C=O) groups excluding carboxylic acids is 4. The monoisotopic (exact) mass is 802 g/mol. The summed E-state index contributed by atoms with van der Waals surface area (Å²) in [6.07, 6.45) is 7.08. The average Bonchev–Trinajstić information content (AvgIpc) is 3.10. The van der Waals surface area contributed by atoms with Crippen molar-refractivity contribution in [1.82, 2.24) is 30.6 Å². The number of halogens is 2. The van der Waals surface area contributed by atoms with E-state index in [9.17, 15) is 24.0 Å². The number of nitrogens with two attached hydrogens (primary N) is 3. The second kappa shape index (κ2) is 27.0. The zero-order valence-electron chi connectivity index (χ0n) is 29.0. The number of rotatable bonds is 19. The zero-order chi connectivity index (χ0) is 39.6. The molecular formula is C31H45Cl2N10O9P. The number of H-pyrrole nitrogens is 1. The Hall–Kier alpha value is -4.68. The maximum Gasteiger partial charge on any atom is 0.310 e. The molecule has 0 aliphatic rings. The van der Waals surface area contributed by atoms with Crippen molar-refractivity contribution in [2.45, 2.75) is 76.9 Å². The Bertz CT molecular complexity index is 1650. The molecule has 0 aliphatic carbocycles. The molecule has 0 spiro atoms. The molecule has 19 nitrogen and oxygen atoms in total. The summed E-state index contributed by atoms with van der Waals surface area (Å²) in [5.41, 5.74) is 15.7. The highest BCUT2D eigenvalue weighted by Crippen LogP contribution is 2.33. The van der Waals surface area contributed by atoms with Crippen molar-refractivity contribution in [3.8, 4) is 0 Å². The van der Waals surface area contributed by atoms with Crippen LogP contribution in [0.1, 0.15) is 80.6 Å². The quantitative estimate of drug-likeness (QED) is 0.0164. The smallest absolute Gasteiger partial charge is 0.310 e.